The van der Waals surface area contributed by atoms with Gasteiger partial charge in [0, 0.05) is 11.1 Å². The topological polar surface area (TPSA) is 69.2 Å². The van der Waals surface area contributed by atoms with Crippen LogP contribution in [-0.4, -0.2) is 26.0 Å². The predicted molar refractivity (Wildman–Crippen MR) is 80.6 cm³/mol. The smallest absolute Gasteiger partial charge is 0.271 e. The monoisotopic (exact) mass is 298 g/mol. The Morgan fingerprint density at radius 1 is 1.23 bits per heavy atom. The number of hydrazone groups is 1. The number of nitrogens with one attached hydrogen (secondary N) is 1. The van der Waals surface area contributed by atoms with Gasteiger partial charge < -0.3 is 14.2 Å². The molecule has 0 unspecified atom stereocenters. The Kier molecular flexibility index (Phi) is 3.91. The normalized spacial score (nSPS) is 12.4. The van der Waals surface area contributed by atoms with Gasteiger partial charge in [0.2, 0.25) is 6.79 Å². The molecule has 0 spiro atoms. The first-order valence-electron chi connectivity index (χ1n) is 6.64. The lowest BCUT2D eigenvalue weighted by molar-refractivity contribution is 0.0954. The number of benzene rings is 2. The number of hydrogen-bond donors (Lipinski definition) is 1. The van der Waals surface area contributed by atoms with Crippen molar-refractivity contribution in [2.24, 2.45) is 5.10 Å². The van der Waals surface area contributed by atoms with Crippen molar-refractivity contribution in [2.45, 2.75) is 0 Å². The lowest BCUT2D eigenvalue weighted by Crippen LogP contribution is -2.17. The van der Waals surface area contributed by atoms with E-state index in [2.05, 4.69) is 10.5 Å². The third kappa shape index (κ3) is 2.85. The van der Waals surface area contributed by atoms with Crippen LogP contribution in [0.15, 0.2) is 47.6 Å². The number of amides is 1. The molecule has 0 saturated heterocycles. The molecule has 0 saturated carbocycles. The summed E-state index contributed by atoms with van der Waals surface area (Å²) in [5.41, 5.74) is 3.69. The number of ether oxygens (including phenoxy) is 3. The molecular weight excluding hydrogens is 284 g/mol. The highest BCUT2D eigenvalue weighted by Gasteiger charge is 2.15. The molecule has 0 radical (unpaired) electrons. The second-order valence-corrected chi connectivity index (χ2v) is 4.51. The van der Waals surface area contributed by atoms with E-state index < -0.39 is 0 Å². The van der Waals surface area contributed by atoms with Crippen LogP contribution >= 0.6 is 0 Å². The maximum Gasteiger partial charge on any atom is 0.271 e. The minimum Gasteiger partial charge on any atom is -0.496 e. The molecule has 1 heterocycles. The first kappa shape index (κ1) is 13.9. The van der Waals surface area contributed by atoms with Gasteiger partial charge in [0.05, 0.1) is 13.3 Å². The van der Waals surface area contributed by atoms with Crippen molar-refractivity contribution in [1.29, 1.82) is 0 Å². The molecule has 1 amide bonds. The predicted octanol–water partition coefficient (Wildman–Crippen LogP) is 2.19. The number of carbonyl (C=O) groups excluding carboxylic acids is 1. The summed E-state index contributed by atoms with van der Waals surface area (Å²) in [5, 5.41) is 3.94. The molecule has 0 bridgehead atoms. The second kappa shape index (κ2) is 6.17. The van der Waals surface area contributed by atoms with Crippen molar-refractivity contribution in [2.75, 3.05) is 13.9 Å². The number of rotatable bonds is 4. The van der Waals surface area contributed by atoms with E-state index in [9.17, 15) is 4.79 Å². The number of fused-ring (bicyclic) bond motifs is 1. The van der Waals surface area contributed by atoms with E-state index >= 15 is 0 Å². The van der Waals surface area contributed by atoms with Gasteiger partial charge in [0.15, 0.2) is 11.5 Å². The fraction of sp³-hybridized carbons (Fsp3) is 0.125. The molecule has 1 aliphatic rings. The van der Waals surface area contributed by atoms with Crippen molar-refractivity contribution >= 4 is 12.1 Å². The SMILES string of the molecule is COc1ccccc1C=NNC(=O)c1ccc2c(c1)OCO2. The number of methoxy groups -OCH3 is 1. The summed E-state index contributed by atoms with van der Waals surface area (Å²) in [5.74, 6) is 1.54. The fourth-order valence-electron chi connectivity index (χ4n) is 2.04. The first-order valence-corrected chi connectivity index (χ1v) is 6.64. The Bertz CT molecular complexity index is 728. The third-order valence-corrected chi connectivity index (χ3v) is 3.14. The zero-order valence-corrected chi connectivity index (χ0v) is 11.9. The van der Waals surface area contributed by atoms with Crippen LogP contribution in [0.2, 0.25) is 0 Å². The quantitative estimate of drug-likeness (QED) is 0.694. The average Bonchev–Trinajstić information content (AvgIpc) is 3.02. The fourth-order valence-corrected chi connectivity index (χ4v) is 2.04. The van der Waals surface area contributed by atoms with Crippen molar-refractivity contribution in [1.82, 2.24) is 5.43 Å². The molecule has 2 aromatic rings. The van der Waals surface area contributed by atoms with Gasteiger partial charge in [-0.15, -0.1) is 0 Å². The van der Waals surface area contributed by atoms with E-state index in [4.69, 9.17) is 14.2 Å². The van der Waals surface area contributed by atoms with Gasteiger partial charge in [-0.25, -0.2) is 5.43 Å². The van der Waals surface area contributed by atoms with Gasteiger partial charge >= 0.3 is 0 Å². The van der Waals surface area contributed by atoms with E-state index in [0.717, 1.165) is 5.56 Å². The van der Waals surface area contributed by atoms with Crippen LogP contribution in [0.5, 0.6) is 17.2 Å². The number of nitrogens with zero attached hydrogens (tertiary/aromatic N) is 1. The van der Waals surface area contributed by atoms with Crippen molar-refractivity contribution in [3.8, 4) is 17.2 Å². The molecule has 0 aliphatic carbocycles. The van der Waals surface area contributed by atoms with E-state index in [-0.39, 0.29) is 12.7 Å². The highest BCUT2D eigenvalue weighted by molar-refractivity contribution is 5.95. The zero-order chi connectivity index (χ0) is 15.4. The summed E-state index contributed by atoms with van der Waals surface area (Å²) in [7, 11) is 1.58. The van der Waals surface area contributed by atoms with E-state index in [1.54, 1.807) is 25.3 Å². The second-order valence-electron chi connectivity index (χ2n) is 4.51. The molecule has 2 aromatic carbocycles. The Morgan fingerprint density at radius 3 is 2.91 bits per heavy atom. The van der Waals surface area contributed by atoms with Crippen LogP contribution in [0.25, 0.3) is 0 Å². The first-order chi connectivity index (χ1) is 10.8. The van der Waals surface area contributed by atoms with Crippen LogP contribution in [0, 0.1) is 0 Å². The summed E-state index contributed by atoms with van der Waals surface area (Å²) >= 11 is 0. The molecule has 1 N–H and O–H groups in total. The highest BCUT2D eigenvalue weighted by Crippen LogP contribution is 2.32. The van der Waals surface area contributed by atoms with Gasteiger partial charge in [-0.2, -0.15) is 5.10 Å². The summed E-state index contributed by atoms with van der Waals surface area (Å²) in [6.07, 6.45) is 1.53. The summed E-state index contributed by atoms with van der Waals surface area (Å²) in [6, 6.07) is 12.4. The van der Waals surface area contributed by atoms with Crippen molar-refractivity contribution in [3.63, 3.8) is 0 Å². The third-order valence-electron chi connectivity index (χ3n) is 3.14. The van der Waals surface area contributed by atoms with Gasteiger partial charge in [-0.05, 0) is 30.3 Å². The molecule has 0 atom stereocenters. The molecular formula is C16H14N2O4. The van der Waals surface area contributed by atoms with Crippen LogP contribution in [0.1, 0.15) is 15.9 Å². The van der Waals surface area contributed by atoms with Crippen molar-refractivity contribution in [3.05, 3.63) is 53.6 Å². The van der Waals surface area contributed by atoms with Gasteiger partial charge in [-0.1, -0.05) is 12.1 Å². The Morgan fingerprint density at radius 2 is 2.05 bits per heavy atom. The minimum atomic E-state index is -0.329. The molecule has 6 nitrogen and oxygen atoms in total. The molecule has 112 valence electrons. The zero-order valence-electron chi connectivity index (χ0n) is 11.9. The van der Waals surface area contributed by atoms with Crippen LogP contribution in [-0.2, 0) is 0 Å². The molecule has 0 aromatic heterocycles. The summed E-state index contributed by atoms with van der Waals surface area (Å²) < 4.78 is 15.6. The van der Waals surface area contributed by atoms with Crippen LogP contribution in [0.4, 0.5) is 0 Å². The largest absolute Gasteiger partial charge is 0.496 e. The Balaban J connectivity index is 1.68. The molecule has 3 rings (SSSR count). The van der Waals surface area contributed by atoms with E-state index in [0.29, 0.717) is 22.8 Å². The molecule has 6 heteroatoms. The molecule has 22 heavy (non-hydrogen) atoms. The Hall–Kier alpha value is -3.02. The van der Waals surface area contributed by atoms with E-state index in [1.807, 2.05) is 24.3 Å². The lowest BCUT2D eigenvalue weighted by Gasteiger charge is -2.04. The van der Waals surface area contributed by atoms with Crippen LogP contribution < -0.4 is 19.6 Å². The maximum atomic E-state index is 12.0. The Labute approximate surface area is 127 Å². The maximum absolute atomic E-state index is 12.0. The standard InChI is InChI=1S/C16H14N2O4/c1-20-13-5-3-2-4-12(13)9-17-18-16(19)11-6-7-14-15(8-11)22-10-21-14/h2-9H,10H2,1H3,(H,18,19). The van der Waals surface area contributed by atoms with Gasteiger partial charge in [0.25, 0.3) is 5.91 Å². The number of hydrogen-bond acceptors (Lipinski definition) is 5. The van der Waals surface area contributed by atoms with Gasteiger partial charge in [0.1, 0.15) is 5.75 Å². The number of para-hydroxylation sites is 1. The van der Waals surface area contributed by atoms with Gasteiger partial charge in [-0.3, -0.25) is 4.79 Å². The van der Waals surface area contributed by atoms with E-state index in [1.165, 1.54) is 6.21 Å². The summed E-state index contributed by atoms with van der Waals surface area (Å²) in [6.45, 7) is 0.173. The average molecular weight is 298 g/mol. The molecule has 1 aliphatic heterocycles. The lowest BCUT2D eigenvalue weighted by atomic mass is 10.2. The van der Waals surface area contributed by atoms with Crippen LogP contribution in [0.3, 0.4) is 0 Å². The highest BCUT2D eigenvalue weighted by atomic mass is 16.7. The molecule has 0 fully saturated rings. The van der Waals surface area contributed by atoms with Crippen molar-refractivity contribution < 1.29 is 19.0 Å². The number of carbonyl (C=O) groups is 1. The summed E-state index contributed by atoms with van der Waals surface area (Å²) in [4.78, 5) is 12.0. The minimum absolute atomic E-state index is 0.173.